The van der Waals surface area contributed by atoms with Crippen LogP contribution in [0.2, 0.25) is 0 Å². The second-order valence-corrected chi connectivity index (χ2v) is 5.38. The molecule has 0 aliphatic heterocycles. The van der Waals surface area contributed by atoms with E-state index in [1.807, 2.05) is 6.92 Å². The van der Waals surface area contributed by atoms with Crippen LogP contribution >= 0.6 is 0 Å². The van der Waals surface area contributed by atoms with Crippen molar-refractivity contribution in [2.24, 2.45) is 0 Å². The Balaban J connectivity index is 2.02. The summed E-state index contributed by atoms with van der Waals surface area (Å²) in [6, 6.07) is 5.72. The molecule has 0 aliphatic carbocycles. The van der Waals surface area contributed by atoms with Gasteiger partial charge in [0.1, 0.15) is 0 Å². The van der Waals surface area contributed by atoms with E-state index in [-0.39, 0.29) is 5.56 Å². The zero-order valence-electron chi connectivity index (χ0n) is 13.4. The zero-order chi connectivity index (χ0) is 18.4. The van der Waals surface area contributed by atoms with E-state index in [0.29, 0.717) is 11.4 Å². The van der Waals surface area contributed by atoms with E-state index in [9.17, 15) is 22.4 Å². The average Bonchev–Trinajstić information content (AvgIpc) is 2.61. The molecular weight excluding hydrogens is 340 g/mol. The highest BCUT2D eigenvalue weighted by molar-refractivity contribution is 5.89. The molecule has 0 fully saturated rings. The molecule has 1 heterocycles. The van der Waals surface area contributed by atoms with Gasteiger partial charge in [-0.15, -0.1) is 0 Å². The maximum atomic E-state index is 12.8. The lowest BCUT2D eigenvalue weighted by atomic mass is 10.1. The maximum Gasteiger partial charge on any atom is 0.340 e. The number of esters is 1. The van der Waals surface area contributed by atoms with Gasteiger partial charge in [0.25, 0.3) is 0 Å². The average molecular weight is 356 g/mol. The van der Waals surface area contributed by atoms with E-state index < -0.39 is 24.9 Å². The first-order valence-electron chi connectivity index (χ1n) is 7.58. The fourth-order valence-corrected chi connectivity index (χ4v) is 1.99. The van der Waals surface area contributed by atoms with Crippen LogP contribution < -0.4 is 0 Å². The number of hydrogen-bond acceptors (Lipinski definition) is 4. The van der Waals surface area contributed by atoms with Gasteiger partial charge >= 0.3 is 18.3 Å². The summed E-state index contributed by atoms with van der Waals surface area (Å²) in [5.74, 6) is -5.03. The molecule has 0 radical (unpaired) electrons. The van der Waals surface area contributed by atoms with Crippen molar-refractivity contribution in [3.05, 3.63) is 47.8 Å². The van der Waals surface area contributed by atoms with Crippen molar-refractivity contribution in [2.45, 2.75) is 32.1 Å². The largest absolute Gasteiger partial charge is 0.455 e. The van der Waals surface area contributed by atoms with Crippen LogP contribution in [0.3, 0.4) is 0 Å². The fourth-order valence-electron chi connectivity index (χ4n) is 1.99. The van der Waals surface area contributed by atoms with E-state index >= 15 is 0 Å². The minimum absolute atomic E-state index is 0.0311. The fraction of sp³-hybridized carbons (Fsp3) is 0.353. The molecule has 0 saturated carbocycles. The molecule has 1 aromatic heterocycles. The second kappa shape index (κ2) is 8.04. The molecule has 8 heteroatoms. The van der Waals surface area contributed by atoms with Crippen molar-refractivity contribution in [1.29, 1.82) is 0 Å². The number of hydrogen-bond donors (Lipinski definition) is 0. The Morgan fingerprint density at radius 2 is 1.76 bits per heavy atom. The van der Waals surface area contributed by atoms with Crippen molar-refractivity contribution >= 4 is 5.97 Å². The molecule has 0 spiro atoms. The standard InChI is InChI=1S/C17H16F4N2O2/c1-2-3-11-8-22-14(23-9-11)12-4-6-13(7-5-12)15(24)25-10-17(20,21)16(18)19/h4-9,16H,2-3,10H2,1H3. The van der Waals surface area contributed by atoms with Crippen molar-refractivity contribution in [3.63, 3.8) is 0 Å². The Morgan fingerprint density at radius 3 is 2.28 bits per heavy atom. The summed E-state index contributed by atoms with van der Waals surface area (Å²) in [4.78, 5) is 20.1. The number of aryl methyl sites for hydroxylation is 1. The van der Waals surface area contributed by atoms with Gasteiger partial charge in [0, 0.05) is 18.0 Å². The van der Waals surface area contributed by atoms with E-state index in [0.717, 1.165) is 18.4 Å². The molecule has 0 saturated heterocycles. The Hall–Kier alpha value is -2.51. The van der Waals surface area contributed by atoms with Crippen LogP contribution in [0.5, 0.6) is 0 Å². The van der Waals surface area contributed by atoms with Crippen LogP contribution in [-0.2, 0) is 11.2 Å². The molecule has 25 heavy (non-hydrogen) atoms. The molecule has 2 aromatic rings. The number of ether oxygens (including phenoxy) is 1. The number of benzene rings is 1. The van der Waals surface area contributed by atoms with Gasteiger partial charge in [-0.05, 0) is 24.1 Å². The molecule has 0 N–H and O–H groups in total. The van der Waals surface area contributed by atoms with Crippen molar-refractivity contribution in [1.82, 2.24) is 9.97 Å². The maximum absolute atomic E-state index is 12.8. The van der Waals surface area contributed by atoms with Gasteiger partial charge in [-0.1, -0.05) is 25.5 Å². The Bertz CT molecular complexity index is 704. The summed E-state index contributed by atoms with van der Waals surface area (Å²) >= 11 is 0. The lowest BCUT2D eigenvalue weighted by molar-refractivity contribution is -0.155. The minimum Gasteiger partial charge on any atom is -0.455 e. The third kappa shape index (κ3) is 4.98. The molecule has 0 unspecified atom stereocenters. The van der Waals surface area contributed by atoms with Gasteiger partial charge in [0.2, 0.25) is 0 Å². The predicted molar refractivity (Wildman–Crippen MR) is 82.7 cm³/mol. The van der Waals surface area contributed by atoms with Gasteiger partial charge in [-0.2, -0.15) is 8.78 Å². The summed E-state index contributed by atoms with van der Waals surface area (Å²) < 4.78 is 53.8. The number of rotatable bonds is 7. The summed E-state index contributed by atoms with van der Waals surface area (Å²) in [5, 5.41) is 0. The molecule has 1 aromatic carbocycles. The molecule has 4 nitrogen and oxygen atoms in total. The van der Waals surface area contributed by atoms with E-state index in [1.165, 1.54) is 24.3 Å². The molecular formula is C17H16F4N2O2. The SMILES string of the molecule is CCCc1cnc(-c2ccc(C(=O)OCC(F)(F)C(F)F)cc2)nc1. The third-order valence-corrected chi connectivity index (χ3v) is 3.34. The summed E-state index contributed by atoms with van der Waals surface area (Å²) in [5.41, 5.74) is 1.60. The van der Waals surface area contributed by atoms with Crippen molar-refractivity contribution in [2.75, 3.05) is 6.61 Å². The predicted octanol–water partition coefficient (Wildman–Crippen LogP) is 4.15. The van der Waals surface area contributed by atoms with Crippen molar-refractivity contribution in [3.8, 4) is 11.4 Å². The first-order chi connectivity index (χ1) is 11.8. The smallest absolute Gasteiger partial charge is 0.340 e. The third-order valence-electron chi connectivity index (χ3n) is 3.34. The van der Waals surface area contributed by atoms with Gasteiger partial charge < -0.3 is 4.74 Å². The molecule has 134 valence electrons. The first-order valence-corrected chi connectivity index (χ1v) is 7.58. The number of nitrogens with zero attached hydrogens (tertiary/aromatic N) is 2. The number of aromatic nitrogens is 2. The highest BCUT2D eigenvalue weighted by Crippen LogP contribution is 2.23. The molecule has 2 rings (SSSR count). The highest BCUT2D eigenvalue weighted by Gasteiger charge is 2.42. The monoisotopic (exact) mass is 356 g/mol. The Kier molecular flexibility index (Phi) is 6.06. The second-order valence-electron chi connectivity index (χ2n) is 5.38. The number of carbonyl (C=O) groups excluding carboxylic acids is 1. The van der Waals surface area contributed by atoms with Gasteiger partial charge in [0.15, 0.2) is 12.4 Å². The van der Waals surface area contributed by atoms with Crippen molar-refractivity contribution < 1.29 is 27.1 Å². The normalized spacial score (nSPS) is 11.6. The Morgan fingerprint density at radius 1 is 1.16 bits per heavy atom. The highest BCUT2D eigenvalue weighted by atomic mass is 19.3. The number of halogens is 4. The summed E-state index contributed by atoms with van der Waals surface area (Å²) in [7, 11) is 0. The summed E-state index contributed by atoms with van der Waals surface area (Å²) in [6.07, 6.45) is 1.37. The number of carbonyl (C=O) groups is 1. The van der Waals surface area contributed by atoms with E-state index in [2.05, 4.69) is 14.7 Å². The van der Waals surface area contributed by atoms with E-state index in [1.54, 1.807) is 12.4 Å². The van der Waals surface area contributed by atoms with Crippen LogP contribution in [0.25, 0.3) is 11.4 Å². The molecule has 0 aliphatic rings. The van der Waals surface area contributed by atoms with Crippen LogP contribution in [0.1, 0.15) is 29.3 Å². The van der Waals surface area contributed by atoms with Gasteiger partial charge in [0.05, 0.1) is 5.56 Å². The lowest BCUT2D eigenvalue weighted by Crippen LogP contribution is -2.33. The Labute approximate surface area is 141 Å². The zero-order valence-corrected chi connectivity index (χ0v) is 13.4. The molecule has 0 amide bonds. The topological polar surface area (TPSA) is 52.1 Å². The molecule has 0 bridgehead atoms. The van der Waals surface area contributed by atoms with Gasteiger partial charge in [-0.3, -0.25) is 0 Å². The van der Waals surface area contributed by atoms with Crippen LogP contribution in [0.4, 0.5) is 17.6 Å². The first kappa shape index (κ1) is 18.8. The number of alkyl halides is 4. The quantitative estimate of drug-likeness (QED) is 0.552. The molecule has 0 atom stereocenters. The van der Waals surface area contributed by atoms with Crippen LogP contribution in [0.15, 0.2) is 36.7 Å². The minimum atomic E-state index is -4.37. The summed E-state index contributed by atoms with van der Waals surface area (Å²) in [6.45, 7) is 0.371. The van der Waals surface area contributed by atoms with Gasteiger partial charge in [-0.25, -0.2) is 23.5 Å². The van der Waals surface area contributed by atoms with Crippen LogP contribution in [0, 0.1) is 0 Å². The van der Waals surface area contributed by atoms with E-state index in [4.69, 9.17) is 0 Å². The van der Waals surface area contributed by atoms with Crippen LogP contribution in [-0.4, -0.2) is 34.9 Å². The lowest BCUT2D eigenvalue weighted by Gasteiger charge is -2.15.